The van der Waals surface area contributed by atoms with Crippen LogP contribution in [0.5, 0.6) is 0 Å². The lowest BCUT2D eigenvalue weighted by molar-refractivity contribution is -0.117. The molecule has 0 aliphatic carbocycles. The van der Waals surface area contributed by atoms with E-state index < -0.39 is 0 Å². The summed E-state index contributed by atoms with van der Waals surface area (Å²) in [5, 5.41) is 7.62. The number of carbonyl (C=O) groups is 1. The van der Waals surface area contributed by atoms with Crippen molar-refractivity contribution in [3.8, 4) is 5.69 Å². The van der Waals surface area contributed by atoms with Crippen LogP contribution in [0, 0.1) is 13.8 Å². The minimum atomic E-state index is -0.0398. The summed E-state index contributed by atoms with van der Waals surface area (Å²) in [5.74, 6) is -0.0398. The molecule has 0 fully saturated rings. The van der Waals surface area contributed by atoms with Crippen LogP contribution in [-0.2, 0) is 11.3 Å². The molecule has 3 aromatic rings. The Labute approximate surface area is 170 Å². The van der Waals surface area contributed by atoms with Crippen LogP contribution in [0.4, 0.5) is 5.69 Å². The van der Waals surface area contributed by atoms with Crippen molar-refractivity contribution in [3.63, 3.8) is 0 Å². The van der Waals surface area contributed by atoms with Crippen molar-refractivity contribution in [3.05, 3.63) is 71.5 Å². The van der Waals surface area contributed by atoms with Crippen LogP contribution in [-0.4, -0.2) is 40.4 Å². The Balaban J connectivity index is 1.63. The molecule has 0 saturated heterocycles. The second-order valence-electron chi connectivity index (χ2n) is 6.86. The lowest BCUT2D eigenvalue weighted by Gasteiger charge is -2.16. The van der Waals surface area contributed by atoms with Crippen molar-refractivity contribution in [1.29, 1.82) is 0 Å². The molecule has 0 bridgehead atoms. The van der Waals surface area contributed by atoms with Crippen LogP contribution >= 0.6 is 11.8 Å². The van der Waals surface area contributed by atoms with E-state index in [1.165, 1.54) is 10.5 Å². The molecular formula is C22H26N4OS. The largest absolute Gasteiger partial charge is 0.322 e. The van der Waals surface area contributed by atoms with Gasteiger partial charge in [-0.1, -0.05) is 30.3 Å². The third-order valence-electron chi connectivity index (χ3n) is 4.58. The van der Waals surface area contributed by atoms with Crippen LogP contribution in [0.3, 0.4) is 0 Å². The van der Waals surface area contributed by atoms with E-state index in [-0.39, 0.29) is 5.91 Å². The number of benzene rings is 2. The minimum absolute atomic E-state index is 0.0398. The average Bonchev–Trinajstić information content (AvgIpc) is 2.97. The monoisotopic (exact) mass is 394 g/mol. The van der Waals surface area contributed by atoms with Crippen molar-refractivity contribution >= 4 is 23.4 Å². The number of rotatable bonds is 7. The maximum absolute atomic E-state index is 12.6. The fraction of sp³-hybridized carbons (Fsp3) is 0.273. The molecule has 0 saturated carbocycles. The molecular weight excluding hydrogens is 368 g/mol. The van der Waals surface area contributed by atoms with Gasteiger partial charge in [0.25, 0.3) is 0 Å². The molecule has 1 aromatic heterocycles. The molecule has 0 unspecified atom stereocenters. The van der Waals surface area contributed by atoms with Crippen molar-refractivity contribution in [2.24, 2.45) is 0 Å². The number of carbonyl (C=O) groups excluding carboxylic acids is 1. The van der Waals surface area contributed by atoms with Gasteiger partial charge in [-0.25, -0.2) is 4.68 Å². The van der Waals surface area contributed by atoms with Crippen LogP contribution in [0.1, 0.15) is 17.0 Å². The Morgan fingerprint density at radius 3 is 2.43 bits per heavy atom. The average molecular weight is 395 g/mol. The van der Waals surface area contributed by atoms with E-state index in [0.717, 1.165) is 29.3 Å². The molecule has 6 heteroatoms. The highest BCUT2D eigenvalue weighted by atomic mass is 32.2. The SMILES string of the molecule is CSc1ccc(CN(C)CC(=O)Nc2c(C)nn(-c3ccccc3)c2C)cc1. The summed E-state index contributed by atoms with van der Waals surface area (Å²) in [7, 11) is 1.95. The number of thioether (sulfide) groups is 1. The lowest BCUT2D eigenvalue weighted by Crippen LogP contribution is -2.30. The number of aromatic nitrogens is 2. The summed E-state index contributed by atoms with van der Waals surface area (Å²) < 4.78 is 1.86. The Kier molecular flexibility index (Phi) is 6.54. The molecule has 0 aliphatic rings. The number of hydrogen-bond donors (Lipinski definition) is 1. The molecule has 0 radical (unpaired) electrons. The van der Waals surface area contributed by atoms with Crippen LogP contribution in [0.15, 0.2) is 59.5 Å². The number of hydrogen-bond acceptors (Lipinski definition) is 4. The summed E-state index contributed by atoms with van der Waals surface area (Å²) in [6.45, 7) is 4.93. The fourth-order valence-electron chi connectivity index (χ4n) is 3.17. The molecule has 1 N–H and O–H groups in total. The third-order valence-corrected chi connectivity index (χ3v) is 5.33. The highest BCUT2D eigenvalue weighted by Crippen LogP contribution is 2.22. The number of para-hydroxylation sites is 1. The number of nitrogens with zero attached hydrogens (tertiary/aromatic N) is 3. The topological polar surface area (TPSA) is 50.2 Å². The molecule has 1 heterocycles. The van der Waals surface area contributed by atoms with Gasteiger partial charge in [0, 0.05) is 11.4 Å². The number of nitrogens with one attached hydrogen (secondary N) is 1. The number of aryl methyl sites for hydroxylation is 1. The molecule has 0 atom stereocenters. The predicted octanol–water partition coefficient (Wildman–Crippen LogP) is 4.28. The fourth-order valence-corrected chi connectivity index (χ4v) is 3.58. The molecule has 0 aliphatic heterocycles. The quantitative estimate of drug-likeness (QED) is 0.608. The van der Waals surface area contributed by atoms with Crippen molar-refractivity contribution in [1.82, 2.24) is 14.7 Å². The zero-order valence-electron chi connectivity index (χ0n) is 16.8. The Hall–Kier alpha value is -2.57. The number of likely N-dealkylation sites (N-methyl/N-ethyl adjacent to an activating group) is 1. The lowest BCUT2D eigenvalue weighted by atomic mass is 10.2. The zero-order chi connectivity index (χ0) is 20.1. The first-order valence-corrected chi connectivity index (χ1v) is 10.4. The standard InChI is InChI=1S/C22H26N4OS/c1-16-22(17(2)26(24-16)19-8-6-5-7-9-19)23-21(27)15-25(3)14-18-10-12-20(28-4)13-11-18/h5-13H,14-15H2,1-4H3,(H,23,27). The van der Waals surface area contributed by atoms with Crippen molar-refractivity contribution in [2.75, 3.05) is 25.2 Å². The first kappa shape index (κ1) is 20.2. The Bertz CT molecular complexity index is 935. The molecule has 1 amide bonds. The van der Waals surface area contributed by atoms with Gasteiger partial charge in [0.15, 0.2) is 0 Å². The molecule has 28 heavy (non-hydrogen) atoms. The summed E-state index contributed by atoms with van der Waals surface area (Å²) >= 11 is 1.73. The summed E-state index contributed by atoms with van der Waals surface area (Å²) in [6, 6.07) is 18.4. The maximum atomic E-state index is 12.6. The summed E-state index contributed by atoms with van der Waals surface area (Å²) in [5.41, 5.74) is 4.69. The first-order chi connectivity index (χ1) is 13.5. The van der Waals surface area contributed by atoms with Crippen LogP contribution in [0.2, 0.25) is 0 Å². The van der Waals surface area contributed by atoms with Crippen LogP contribution < -0.4 is 5.32 Å². The summed E-state index contributed by atoms with van der Waals surface area (Å²) in [4.78, 5) is 15.8. The van der Waals surface area contributed by atoms with Crippen LogP contribution in [0.25, 0.3) is 5.69 Å². The van der Waals surface area contributed by atoms with E-state index >= 15 is 0 Å². The Morgan fingerprint density at radius 1 is 1.11 bits per heavy atom. The molecule has 2 aromatic carbocycles. The first-order valence-electron chi connectivity index (χ1n) is 9.21. The van der Waals surface area contributed by atoms with Gasteiger partial charge in [0.1, 0.15) is 0 Å². The van der Waals surface area contributed by atoms with Gasteiger partial charge in [-0.2, -0.15) is 5.10 Å². The predicted molar refractivity (Wildman–Crippen MR) is 116 cm³/mol. The summed E-state index contributed by atoms with van der Waals surface area (Å²) in [6.07, 6.45) is 2.06. The van der Waals surface area contributed by atoms with E-state index in [2.05, 4.69) is 40.9 Å². The van der Waals surface area contributed by atoms with Gasteiger partial charge in [-0.3, -0.25) is 9.69 Å². The Morgan fingerprint density at radius 2 is 1.79 bits per heavy atom. The number of amides is 1. The maximum Gasteiger partial charge on any atom is 0.238 e. The molecule has 3 rings (SSSR count). The molecule has 5 nitrogen and oxygen atoms in total. The van der Waals surface area contributed by atoms with Crippen molar-refractivity contribution < 1.29 is 4.79 Å². The van der Waals surface area contributed by atoms with E-state index in [1.54, 1.807) is 11.8 Å². The van der Waals surface area contributed by atoms with Gasteiger partial charge >= 0.3 is 0 Å². The van der Waals surface area contributed by atoms with Gasteiger partial charge in [-0.05, 0) is 57.0 Å². The van der Waals surface area contributed by atoms with Gasteiger partial charge in [-0.15, -0.1) is 11.8 Å². The normalized spacial score (nSPS) is 11.0. The van der Waals surface area contributed by atoms with Gasteiger partial charge in [0.2, 0.25) is 5.91 Å². The van der Waals surface area contributed by atoms with Crippen molar-refractivity contribution in [2.45, 2.75) is 25.3 Å². The van der Waals surface area contributed by atoms with Gasteiger partial charge < -0.3 is 5.32 Å². The van der Waals surface area contributed by atoms with E-state index in [9.17, 15) is 4.79 Å². The smallest absolute Gasteiger partial charge is 0.238 e. The van der Waals surface area contributed by atoms with Gasteiger partial charge in [0.05, 0.1) is 29.3 Å². The second kappa shape index (κ2) is 9.08. The molecule has 0 spiro atoms. The molecule has 146 valence electrons. The van der Waals surface area contributed by atoms with E-state index in [1.807, 2.05) is 60.8 Å². The number of anilines is 1. The third kappa shape index (κ3) is 4.82. The highest BCUT2D eigenvalue weighted by Gasteiger charge is 2.16. The zero-order valence-corrected chi connectivity index (χ0v) is 17.6. The van der Waals surface area contributed by atoms with E-state index in [4.69, 9.17) is 0 Å². The minimum Gasteiger partial charge on any atom is -0.322 e. The second-order valence-corrected chi connectivity index (χ2v) is 7.74. The van der Waals surface area contributed by atoms with E-state index in [0.29, 0.717) is 6.54 Å². The highest BCUT2D eigenvalue weighted by molar-refractivity contribution is 7.98.